The Morgan fingerprint density at radius 2 is 0.962 bits per heavy atom. The summed E-state index contributed by atoms with van der Waals surface area (Å²) >= 11 is 0. The molecule has 0 heterocycles. The minimum atomic E-state index is -0.0778. The number of amides is 1. The summed E-state index contributed by atoms with van der Waals surface area (Å²) in [6, 6.07) is 0. The number of halogens is 1. The first-order valence-corrected chi connectivity index (χ1v) is 10.8. The summed E-state index contributed by atoms with van der Waals surface area (Å²) in [6.45, 7) is 2.27. The standard InChI is InChI=1S/C22H43NO2.ClH/c1-4-5-6-7-8-9-10-11-12-13-14-15-16-17-18-19-21(24)20-22(25)23(2)3;/h4-20H2,1-3H3;1H. The number of rotatable bonds is 18. The third-order valence-corrected chi connectivity index (χ3v) is 4.91. The molecule has 0 spiro atoms. The van der Waals surface area contributed by atoms with E-state index in [1.807, 2.05) is 0 Å². The summed E-state index contributed by atoms with van der Waals surface area (Å²) in [7, 11) is 3.40. The van der Waals surface area contributed by atoms with Gasteiger partial charge in [-0.15, -0.1) is 12.4 Å². The molecule has 0 saturated carbocycles. The molecule has 0 fully saturated rings. The Balaban J connectivity index is 0. The molecule has 0 aromatic carbocycles. The van der Waals surface area contributed by atoms with E-state index >= 15 is 0 Å². The zero-order valence-corrected chi connectivity index (χ0v) is 18.5. The highest BCUT2D eigenvalue weighted by atomic mass is 35.5. The monoisotopic (exact) mass is 389 g/mol. The lowest BCUT2D eigenvalue weighted by atomic mass is 10.0. The maximum absolute atomic E-state index is 11.6. The third-order valence-electron chi connectivity index (χ3n) is 4.91. The fraction of sp³-hybridized carbons (Fsp3) is 0.909. The van der Waals surface area contributed by atoms with E-state index in [0.29, 0.717) is 6.42 Å². The molecule has 0 aromatic heterocycles. The van der Waals surface area contributed by atoms with E-state index in [-0.39, 0.29) is 30.5 Å². The molecular formula is C22H44ClNO2. The van der Waals surface area contributed by atoms with Gasteiger partial charge in [-0.25, -0.2) is 0 Å². The average molecular weight is 390 g/mol. The maximum atomic E-state index is 11.6. The molecule has 0 atom stereocenters. The molecule has 0 bridgehead atoms. The number of nitrogens with zero attached hydrogens (tertiary/aromatic N) is 1. The highest BCUT2D eigenvalue weighted by Gasteiger charge is 2.10. The van der Waals surface area contributed by atoms with Crippen LogP contribution in [0.25, 0.3) is 0 Å². The lowest BCUT2D eigenvalue weighted by Crippen LogP contribution is -2.24. The number of ketones is 1. The molecule has 0 aliphatic carbocycles. The van der Waals surface area contributed by atoms with Crippen molar-refractivity contribution in [3.8, 4) is 0 Å². The number of carbonyl (C=O) groups excluding carboxylic acids is 2. The number of Topliss-reactive ketones (excluding diaryl/α,β-unsaturated/α-hetero) is 1. The van der Waals surface area contributed by atoms with Crippen molar-refractivity contribution in [3.05, 3.63) is 0 Å². The number of hydrogen-bond donors (Lipinski definition) is 0. The van der Waals surface area contributed by atoms with Crippen molar-refractivity contribution in [2.75, 3.05) is 14.1 Å². The van der Waals surface area contributed by atoms with Crippen LogP contribution in [0.4, 0.5) is 0 Å². The van der Waals surface area contributed by atoms with Gasteiger partial charge in [0, 0.05) is 20.5 Å². The minimum Gasteiger partial charge on any atom is -0.348 e. The Morgan fingerprint density at radius 1 is 0.615 bits per heavy atom. The lowest BCUT2D eigenvalue weighted by Gasteiger charge is -2.09. The first kappa shape index (κ1) is 27.6. The largest absolute Gasteiger partial charge is 0.348 e. The Kier molecular flexibility index (Phi) is 22.1. The summed E-state index contributed by atoms with van der Waals surface area (Å²) in [5.41, 5.74) is 0. The third kappa shape index (κ3) is 19.8. The Bertz CT molecular complexity index is 332. The van der Waals surface area contributed by atoms with Crippen LogP contribution >= 0.6 is 12.4 Å². The van der Waals surface area contributed by atoms with Crippen LogP contribution in [0, 0.1) is 0 Å². The van der Waals surface area contributed by atoms with Crippen molar-refractivity contribution in [1.29, 1.82) is 0 Å². The smallest absolute Gasteiger partial charge is 0.229 e. The molecule has 156 valence electrons. The first-order chi connectivity index (χ1) is 12.1. The van der Waals surface area contributed by atoms with Crippen molar-refractivity contribution >= 4 is 24.1 Å². The fourth-order valence-electron chi connectivity index (χ4n) is 3.11. The van der Waals surface area contributed by atoms with Gasteiger partial charge in [-0.1, -0.05) is 96.8 Å². The van der Waals surface area contributed by atoms with Crippen molar-refractivity contribution in [1.82, 2.24) is 4.90 Å². The molecule has 0 rings (SSSR count). The molecule has 0 saturated heterocycles. The molecular weight excluding hydrogens is 346 g/mol. The molecule has 0 aromatic rings. The second-order valence-corrected chi connectivity index (χ2v) is 7.70. The molecule has 0 N–H and O–H groups in total. The van der Waals surface area contributed by atoms with E-state index < -0.39 is 0 Å². The predicted octanol–water partition coefficient (Wildman–Crippen LogP) is 6.72. The molecule has 0 aliphatic heterocycles. The average Bonchev–Trinajstić information content (AvgIpc) is 2.58. The van der Waals surface area contributed by atoms with Crippen LogP contribution in [0.15, 0.2) is 0 Å². The maximum Gasteiger partial charge on any atom is 0.229 e. The Morgan fingerprint density at radius 3 is 1.31 bits per heavy atom. The molecule has 0 aliphatic rings. The van der Waals surface area contributed by atoms with E-state index in [1.165, 1.54) is 88.4 Å². The van der Waals surface area contributed by atoms with E-state index in [9.17, 15) is 9.59 Å². The minimum absolute atomic E-state index is 0. The van der Waals surface area contributed by atoms with E-state index in [2.05, 4.69) is 6.92 Å². The first-order valence-electron chi connectivity index (χ1n) is 10.8. The molecule has 3 nitrogen and oxygen atoms in total. The van der Waals surface area contributed by atoms with E-state index in [1.54, 1.807) is 14.1 Å². The Labute approximate surface area is 169 Å². The topological polar surface area (TPSA) is 37.4 Å². The highest BCUT2D eigenvalue weighted by molar-refractivity contribution is 5.97. The van der Waals surface area contributed by atoms with Crippen LogP contribution < -0.4 is 0 Å². The van der Waals surface area contributed by atoms with Crippen molar-refractivity contribution in [2.24, 2.45) is 0 Å². The van der Waals surface area contributed by atoms with E-state index in [4.69, 9.17) is 0 Å². The molecule has 0 unspecified atom stereocenters. The summed E-state index contributed by atoms with van der Waals surface area (Å²) < 4.78 is 0. The zero-order valence-electron chi connectivity index (χ0n) is 17.7. The van der Waals surface area contributed by atoms with E-state index in [0.717, 1.165) is 12.8 Å². The van der Waals surface area contributed by atoms with Gasteiger partial charge in [0.2, 0.25) is 5.91 Å². The van der Waals surface area contributed by atoms with Crippen LogP contribution in [0.2, 0.25) is 0 Å². The van der Waals surface area contributed by atoms with Gasteiger partial charge in [0.15, 0.2) is 0 Å². The lowest BCUT2D eigenvalue weighted by molar-refractivity contribution is -0.133. The highest BCUT2D eigenvalue weighted by Crippen LogP contribution is 2.14. The van der Waals surface area contributed by atoms with Gasteiger partial charge in [-0.2, -0.15) is 0 Å². The van der Waals surface area contributed by atoms with Crippen molar-refractivity contribution < 1.29 is 9.59 Å². The van der Waals surface area contributed by atoms with Crippen LogP contribution in [-0.2, 0) is 9.59 Å². The van der Waals surface area contributed by atoms with Gasteiger partial charge >= 0.3 is 0 Å². The van der Waals surface area contributed by atoms with Crippen LogP contribution in [0.3, 0.4) is 0 Å². The van der Waals surface area contributed by atoms with Gasteiger partial charge in [0.05, 0.1) is 6.42 Å². The SMILES string of the molecule is CCCCCCCCCCCCCCCCCC(=O)CC(=O)N(C)C.Cl. The van der Waals surface area contributed by atoms with Crippen LogP contribution in [0.1, 0.15) is 116 Å². The number of carbonyl (C=O) groups is 2. The summed E-state index contributed by atoms with van der Waals surface area (Å²) in [4.78, 5) is 24.6. The summed E-state index contributed by atoms with van der Waals surface area (Å²) in [5.74, 6) is 0.0133. The van der Waals surface area contributed by atoms with Gasteiger partial charge < -0.3 is 4.90 Å². The second-order valence-electron chi connectivity index (χ2n) is 7.70. The van der Waals surface area contributed by atoms with Crippen LogP contribution in [-0.4, -0.2) is 30.7 Å². The molecule has 1 amide bonds. The summed E-state index contributed by atoms with van der Waals surface area (Å²) in [5, 5.41) is 0. The van der Waals surface area contributed by atoms with Gasteiger partial charge in [0.25, 0.3) is 0 Å². The van der Waals surface area contributed by atoms with Crippen LogP contribution in [0.5, 0.6) is 0 Å². The summed E-state index contributed by atoms with van der Waals surface area (Å²) in [6.07, 6.45) is 20.6. The zero-order chi connectivity index (χ0) is 18.8. The normalized spacial score (nSPS) is 10.4. The molecule has 26 heavy (non-hydrogen) atoms. The van der Waals surface area contributed by atoms with Crippen molar-refractivity contribution in [3.63, 3.8) is 0 Å². The number of unbranched alkanes of at least 4 members (excludes halogenated alkanes) is 14. The van der Waals surface area contributed by atoms with Gasteiger partial charge in [0.1, 0.15) is 5.78 Å². The number of hydrogen-bond acceptors (Lipinski definition) is 2. The predicted molar refractivity (Wildman–Crippen MR) is 115 cm³/mol. The van der Waals surface area contributed by atoms with Crippen molar-refractivity contribution in [2.45, 2.75) is 116 Å². The van der Waals surface area contributed by atoms with Gasteiger partial charge in [-0.3, -0.25) is 9.59 Å². The fourth-order valence-corrected chi connectivity index (χ4v) is 3.11. The Hall–Kier alpha value is -0.570. The molecule has 4 heteroatoms. The van der Waals surface area contributed by atoms with Gasteiger partial charge in [-0.05, 0) is 6.42 Å². The second kappa shape index (κ2) is 20.7. The quantitative estimate of drug-likeness (QED) is 0.193. The molecule has 0 radical (unpaired) electrons.